The number of benzene rings is 2. The first-order valence-corrected chi connectivity index (χ1v) is 12.7. The van der Waals surface area contributed by atoms with Gasteiger partial charge in [-0.2, -0.15) is 10.2 Å². The average molecular weight is 510 g/mol. The van der Waals surface area contributed by atoms with Crippen molar-refractivity contribution in [3.8, 4) is 0 Å². The summed E-state index contributed by atoms with van der Waals surface area (Å²) in [5.74, 6) is 0.424. The van der Waals surface area contributed by atoms with Crippen LogP contribution < -0.4 is 10.2 Å². The van der Waals surface area contributed by atoms with Gasteiger partial charge < -0.3 is 5.32 Å². The van der Waals surface area contributed by atoms with Crippen LogP contribution in [0.2, 0.25) is 0 Å². The van der Waals surface area contributed by atoms with E-state index in [4.69, 9.17) is 0 Å². The molecule has 0 atom stereocenters. The molecule has 0 spiro atoms. The second-order valence-corrected chi connectivity index (χ2v) is 9.97. The molecule has 2 aromatic carbocycles. The van der Waals surface area contributed by atoms with Crippen LogP contribution in [0.25, 0.3) is 5.65 Å². The maximum atomic E-state index is 13.4. The second-order valence-electron chi connectivity index (χ2n) is 8.87. The van der Waals surface area contributed by atoms with Crippen molar-refractivity contribution in [2.24, 2.45) is 5.92 Å². The number of imidazole rings is 1. The van der Waals surface area contributed by atoms with E-state index >= 15 is 0 Å². The summed E-state index contributed by atoms with van der Waals surface area (Å²) in [7, 11) is 0. The van der Waals surface area contributed by atoms with E-state index in [9.17, 15) is 9.59 Å². The Morgan fingerprint density at radius 3 is 2.49 bits per heavy atom. The number of nitrogens with one attached hydrogen (secondary N) is 2. The molecule has 1 aliphatic carbocycles. The quantitative estimate of drug-likeness (QED) is 0.311. The van der Waals surface area contributed by atoms with E-state index in [-0.39, 0.29) is 17.7 Å². The monoisotopic (exact) mass is 509 g/mol. The van der Waals surface area contributed by atoms with Crippen molar-refractivity contribution in [1.29, 1.82) is 0 Å². The largest absolute Gasteiger partial charge is 0.309 e. The van der Waals surface area contributed by atoms with Crippen LogP contribution in [0, 0.1) is 12.8 Å². The van der Waals surface area contributed by atoms with Crippen LogP contribution in [0.1, 0.15) is 29.0 Å². The van der Waals surface area contributed by atoms with E-state index in [1.165, 1.54) is 11.8 Å². The number of para-hydroxylation sites is 1. The first-order valence-electron chi connectivity index (χ1n) is 11.9. The molecule has 9 nitrogen and oxygen atoms in total. The van der Waals surface area contributed by atoms with Crippen LogP contribution in [0.15, 0.2) is 88.9 Å². The van der Waals surface area contributed by atoms with Gasteiger partial charge in [-0.25, -0.2) is 9.50 Å². The summed E-state index contributed by atoms with van der Waals surface area (Å²) >= 11 is 1.50. The van der Waals surface area contributed by atoms with Gasteiger partial charge in [0.05, 0.1) is 6.20 Å². The molecule has 2 N–H and O–H groups in total. The molecule has 0 bridgehead atoms. The van der Waals surface area contributed by atoms with E-state index in [2.05, 4.69) is 25.6 Å². The van der Waals surface area contributed by atoms with Crippen LogP contribution in [0.4, 0.5) is 17.2 Å². The van der Waals surface area contributed by atoms with Crippen molar-refractivity contribution < 1.29 is 9.59 Å². The molecule has 6 rings (SSSR count). The van der Waals surface area contributed by atoms with E-state index < -0.39 is 0 Å². The highest BCUT2D eigenvalue weighted by Gasteiger charge is 2.30. The standard InChI is InChI=1S/C27H23N7O2S/c1-17-15-22(31-30-17)27(36)34(19-5-3-2-4-6-19)20-9-11-21(12-10-20)37-25-14-13-24-28-23(16-33(24)32-25)29-26(35)18-7-8-18/h2-6,9-16,18H,7-8H2,1H3,(H,29,35)(H,30,31). The fraction of sp³-hybridized carbons (Fsp3) is 0.148. The number of amides is 2. The highest BCUT2D eigenvalue weighted by atomic mass is 32.2. The Kier molecular flexibility index (Phi) is 5.93. The van der Waals surface area contributed by atoms with E-state index in [0.717, 1.165) is 39.8 Å². The second kappa shape index (κ2) is 9.55. The van der Waals surface area contributed by atoms with E-state index in [1.54, 1.807) is 21.7 Å². The molecule has 0 saturated heterocycles. The summed E-state index contributed by atoms with van der Waals surface area (Å²) in [5, 5.41) is 15.3. The Bertz CT molecular complexity index is 1590. The van der Waals surface area contributed by atoms with Gasteiger partial charge in [-0.15, -0.1) is 0 Å². The lowest BCUT2D eigenvalue weighted by atomic mass is 10.2. The summed E-state index contributed by atoms with van der Waals surface area (Å²) in [6, 6.07) is 22.7. The average Bonchev–Trinajstić information content (AvgIpc) is 3.56. The van der Waals surface area contributed by atoms with Crippen molar-refractivity contribution in [2.75, 3.05) is 10.2 Å². The third-order valence-corrected chi connectivity index (χ3v) is 6.89. The SMILES string of the molecule is Cc1cc(C(=O)N(c2ccccc2)c2ccc(Sc3ccc4nc(NC(=O)C5CC5)cn4n3)cc2)n[nH]1. The molecule has 10 heteroatoms. The predicted molar refractivity (Wildman–Crippen MR) is 141 cm³/mol. The van der Waals surface area contributed by atoms with Gasteiger partial charge in [0.2, 0.25) is 5.91 Å². The number of hydrogen-bond acceptors (Lipinski definition) is 6. The molecule has 1 aliphatic rings. The molecule has 37 heavy (non-hydrogen) atoms. The number of fused-ring (bicyclic) bond motifs is 1. The Morgan fingerprint density at radius 2 is 1.78 bits per heavy atom. The lowest BCUT2D eigenvalue weighted by Crippen LogP contribution is -2.26. The molecule has 1 fully saturated rings. The van der Waals surface area contributed by atoms with Gasteiger partial charge >= 0.3 is 0 Å². The molecule has 0 aliphatic heterocycles. The first kappa shape index (κ1) is 23.0. The van der Waals surface area contributed by atoms with Crippen LogP contribution in [-0.2, 0) is 4.79 Å². The fourth-order valence-electron chi connectivity index (χ4n) is 3.94. The molecule has 3 heterocycles. The molecule has 0 unspecified atom stereocenters. The summed E-state index contributed by atoms with van der Waals surface area (Å²) in [5.41, 5.74) is 3.32. The fourth-order valence-corrected chi connectivity index (χ4v) is 4.72. The van der Waals surface area contributed by atoms with Gasteiger partial charge in [0.1, 0.15) is 5.03 Å². The lowest BCUT2D eigenvalue weighted by Gasteiger charge is -2.22. The van der Waals surface area contributed by atoms with Gasteiger partial charge in [0, 0.05) is 27.9 Å². The third-order valence-electron chi connectivity index (χ3n) is 5.95. The van der Waals surface area contributed by atoms with Gasteiger partial charge in [-0.05, 0) is 74.4 Å². The predicted octanol–water partition coefficient (Wildman–Crippen LogP) is 5.24. The van der Waals surface area contributed by atoms with Crippen molar-refractivity contribution in [1.82, 2.24) is 24.8 Å². The number of nitrogens with zero attached hydrogens (tertiary/aromatic N) is 5. The number of aryl methyl sites for hydroxylation is 1. The van der Waals surface area contributed by atoms with Crippen molar-refractivity contribution in [2.45, 2.75) is 29.7 Å². The molecule has 2 amide bonds. The Balaban J connectivity index is 1.22. The van der Waals surface area contributed by atoms with Crippen LogP contribution in [-0.4, -0.2) is 36.6 Å². The minimum atomic E-state index is -0.215. The molecule has 5 aromatic rings. The summed E-state index contributed by atoms with van der Waals surface area (Å²) in [6.07, 6.45) is 3.61. The van der Waals surface area contributed by atoms with Gasteiger partial charge in [-0.3, -0.25) is 19.6 Å². The van der Waals surface area contributed by atoms with Gasteiger partial charge in [0.15, 0.2) is 17.2 Å². The highest BCUT2D eigenvalue weighted by molar-refractivity contribution is 7.99. The van der Waals surface area contributed by atoms with Crippen LogP contribution in [0.5, 0.6) is 0 Å². The zero-order valence-corrected chi connectivity index (χ0v) is 20.8. The minimum absolute atomic E-state index is 0.0172. The normalized spacial score (nSPS) is 13.0. The number of aromatic amines is 1. The number of carbonyl (C=O) groups is 2. The zero-order chi connectivity index (χ0) is 25.4. The molecule has 184 valence electrons. The van der Waals surface area contributed by atoms with E-state index in [1.807, 2.05) is 73.7 Å². The maximum absolute atomic E-state index is 13.4. The molecule has 1 saturated carbocycles. The van der Waals surface area contributed by atoms with Crippen LogP contribution in [0.3, 0.4) is 0 Å². The number of H-pyrrole nitrogens is 1. The topological polar surface area (TPSA) is 108 Å². The Hall–Kier alpha value is -4.44. The van der Waals surface area contributed by atoms with Crippen molar-refractivity contribution >= 4 is 46.4 Å². The Morgan fingerprint density at radius 1 is 1.03 bits per heavy atom. The number of carbonyl (C=O) groups excluding carboxylic acids is 2. The highest BCUT2D eigenvalue weighted by Crippen LogP contribution is 2.32. The zero-order valence-electron chi connectivity index (χ0n) is 20.0. The van der Waals surface area contributed by atoms with E-state index in [0.29, 0.717) is 17.2 Å². The maximum Gasteiger partial charge on any atom is 0.283 e. The van der Waals surface area contributed by atoms with Gasteiger partial charge in [-0.1, -0.05) is 30.0 Å². The minimum Gasteiger partial charge on any atom is -0.309 e. The molecule has 3 aromatic heterocycles. The third kappa shape index (κ3) is 4.96. The smallest absolute Gasteiger partial charge is 0.283 e. The van der Waals surface area contributed by atoms with Crippen molar-refractivity contribution in [3.05, 3.63) is 90.4 Å². The molecular formula is C27H23N7O2S. The number of aromatic nitrogens is 5. The van der Waals surface area contributed by atoms with Crippen molar-refractivity contribution in [3.63, 3.8) is 0 Å². The first-order chi connectivity index (χ1) is 18.0. The summed E-state index contributed by atoms with van der Waals surface area (Å²) < 4.78 is 1.67. The lowest BCUT2D eigenvalue weighted by molar-refractivity contribution is -0.117. The Labute approximate surface area is 216 Å². The number of hydrogen-bond donors (Lipinski definition) is 2. The number of rotatable bonds is 7. The summed E-state index contributed by atoms with van der Waals surface area (Å²) in [4.78, 5) is 32.4. The number of anilines is 3. The van der Waals surface area contributed by atoms with Gasteiger partial charge in [0.25, 0.3) is 5.91 Å². The van der Waals surface area contributed by atoms with Crippen LogP contribution >= 0.6 is 11.8 Å². The summed E-state index contributed by atoms with van der Waals surface area (Å²) in [6.45, 7) is 1.86. The molecule has 0 radical (unpaired) electrons. The molecular weight excluding hydrogens is 486 g/mol.